The lowest BCUT2D eigenvalue weighted by atomic mass is 9.78. The van der Waals surface area contributed by atoms with Gasteiger partial charge in [-0.25, -0.2) is 0 Å². The van der Waals surface area contributed by atoms with Crippen molar-refractivity contribution >= 4 is 5.91 Å². The molecule has 2 aliphatic rings. The van der Waals surface area contributed by atoms with Gasteiger partial charge in [0.15, 0.2) is 0 Å². The zero-order valence-electron chi connectivity index (χ0n) is 11.4. The van der Waals surface area contributed by atoms with Gasteiger partial charge in [0, 0.05) is 25.1 Å². The molecule has 2 fully saturated rings. The first kappa shape index (κ1) is 13.8. The van der Waals surface area contributed by atoms with E-state index >= 15 is 0 Å². The molecule has 0 aromatic rings. The van der Waals surface area contributed by atoms with Crippen LogP contribution in [0.4, 0.5) is 0 Å². The predicted molar refractivity (Wildman–Crippen MR) is 71.1 cm³/mol. The van der Waals surface area contributed by atoms with E-state index in [-0.39, 0.29) is 24.0 Å². The molecule has 1 saturated carbocycles. The maximum absolute atomic E-state index is 12.2. The third-order valence-electron chi connectivity index (χ3n) is 4.32. The molecular weight excluding hydrogens is 228 g/mol. The maximum atomic E-state index is 12.2. The van der Waals surface area contributed by atoms with Crippen LogP contribution < -0.4 is 11.1 Å². The highest BCUT2D eigenvalue weighted by Gasteiger charge is 2.31. The molecule has 0 aromatic heterocycles. The van der Waals surface area contributed by atoms with Crippen molar-refractivity contribution in [3.05, 3.63) is 0 Å². The summed E-state index contributed by atoms with van der Waals surface area (Å²) < 4.78 is 5.62. The lowest BCUT2D eigenvalue weighted by Gasteiger charge is -2.32. The highest BCUT2D eigenvalue weighted by atomic mass is 16.5. The second kappa shape index (κ2) is 6.53. The molecule has 104 valence electrons. The summed E-state index contributed by atoms with van der Waals surface area (Å²) in [6, 6.07) is 0.283. The molecule has 1 heterocycles. The van der Waals surface area contributed by atoms with Crippen LogP contribution in [0.2, 0.25) is 0 Å². The summed E-state index contributed by atoms with van der Waals surface area (Å²) in [5, 5.41) is 3.06. The molecule has 4 nitrogen and oxygen atoms in total. The van der Waals surface area contributed by atoms with Gasteiger partial charge < -0.3 is 15.8 Å². The minimum Gasteiger partial charge on any atom is -0.376 e. The van der Waals surface area contributed by atoms with Gasteiger partial charge >= 0.3 is 0 Å². The average Bonchev–Trinajstić information content (AvgIpc) is 2.37. The number of carbonyl (C=O) groups is 1. The molecule has 0 aromatic carbocycles. The number of nitrogens with two attached hydrogens (primary N) is 1. The smallest absolute Gasteiger partial charge is 0.223 e. The van der Waals surface area contributed by atoms with Gasteiger partial charge in [0.1, 0.15) is 0 Å². The monoisotopic (exact) mass is 254 g/mol. The van der Waals surface area contributed by atoms with Crippen molar-refractivity contribution in [2.45, 2.75) is 57.6 Å². The fraction of sp³-hybridized carbons (Fsp3) is 0.929. The molecular formula is C14H26N2O2. The van der Waals surface area contributed by atoms with Crippen LogP contribution in [0.25, 0.3) is 0 Å². The van der Waals surface area contributed by atoms with Crippen molar-refractivity contribution in [1.82, 2.24) is 5.32 Å². The second-order valence-electron chi connectivity index (χ2n) is 5.89. The van der Waals surface area contributed by atoms with Gasteiger partial charge in [-0.05, 0) is 44.4 Å². The molecule has 18 heavy (non-hydrogen) atoms. The summed E-state index contributed by atoms with van der Waals surface area (Å²) in [5.74, 6) is 0.748. The number of nitrogens with one attached hydrogen (secondary N) is 1. The third kappa shape index (κ3) is 3.69. The average molecular weight is 254 g/mol. The van der Waals surface area contributed by atoms with Crippen LogP contribution in [0.15, 0.2) is 0 Å². The molecule has 4 heteroatoms. The fourth-order valence-electron chi connectivity index (χ4n) is 3.14. The SMILES string of the molecule is CC1CC(N)CCC1C(=O)NCC1CCCCO1. The Labute approximate surface area is 110 Å². The Hall–Kier alpha value is -0.610. The van der Waals surface area contributed by atoms with E-state index in [9.17, 15) is 4.79 Å². The zero-order chi connectivity index (χ0) is 13.0. The highest BCUT2D eigenvalue weighted by Crippen LogP contribution is 2.29. The van der Waals surface area contributed by atoms with Crippen molar-refractivity contribution in [2.24, 2.45) is 17.6 Å². The highest BCUT2D eigenvalue weighted by molar-refractivity contribution is 5.79. The molecule has 4 atom stereocenters. The minimum atomic E-state index is 0.147. The zero-order valence-corrected chi connectivity index (χ0v) is 11.4. The Balaban J connectivity index is 1.73. The molecule has 3 N–H and O–H groups in total. The van der Waals surface area contributed by atoms with E-state index in [0.717, 1.165) is 38.7 Å². The lowest BCUT2D eigenvalue weighted by molar-refractivity contribution is -0.128. The van der Waals surface area contributed by atoms with Crippen LogP contribution in [0.5, 0.6) is 0 Å². The Kier molecular flexibility index (Phi) is 5.01. The molecule has 1 aliphatic carbocycles. The van der Waals surface area contributed by atoms with Gasteiger partial charge in [-0.15, -0.1) is 0 Å². The summed E-state index contributed by atoms with van der Waals surface area (Å²) >= 11 is 0. The van der Waals surface area contributed by atoms with Crippen molar-refractivity contribution in [1.29, 1.82) is 0 Å². The summed E-state index contributed by atoms with van der Waals surface area (Å²) in [6.07, 6.45) is 6.55. The van der Waals surface area contributed by atoms with Gasteiger partial charge in [-0.3, -0.25) is 4.79 Å². The number of hydrogen-bond donors (Lipinski definition) is 2. The van der Waals surface area contributed by atoms with Crippen LogP contribution in [0.3, 0.4) is 0 Å². The topological polar surface area (TPSA) is 64.4 Å². The predicted octanol–water partition coefficient (Wildman–Crippen LogP) is 1.44. The number of carbonyl (C=O) groups excluding carboxylic acids is 1. The Bertz CT molecular complexity index is 277. The first-order valence-corrected chi connectivity index (χ1v) is 7.31. The van der Waals surface area contributed by atoms with E-state index in [1.165, 1.54) is 6.42 Å². The molecule has 0 spiro atoms. The van der Waals surface area contributed by atoms with Crippen molar-refractivity contribution < 1.29 is 9.53 Å². The van der Waals surface area contributed by atoms with Gasteiger partial charge in [0.2, 0.25) is 5.91 Å². The number of amides is 1. The van der Waals surface area contributed by atoms with Gasteiger partial charge in [0.05, 0.1) is 6.10 Å². The van der Waals surface area contributed by atoms with E-state index in [0.29, 0.717) is 12.5 Å². The van der Waals surface area contributed by atoms with Gasteiger partial charge in [-0.2, -0.15) is 0 Å². The molecule has 1 amide bonds. The van der Waals surface area contributed by atoms with Crippen LogP contribution in [-0.4, -0.2) is 31.2 Å². The molecule has 0 radical (unpaired) electrons. The fourth-order valence-corrected chi connectivity index (χ4v) is 3.14. The molecule has 1 saturated heterocycles. The molecule has 0 bridgehead atoms. The first-order valence-electron chi connectivity index (χ1n) is 7.31. The van der Waals surface area contributed by atoms with Gasteiger partial charge in [-0.1, -0.05) is 6.92 Å². The van der Waals surface area contributed by atoms with Crippen molar-refractivity contribution in [3.8, 4) is 0 Å². The van der Waals surface area contributed by atoms with Crippen LogP contribution >= 0.6 is 0 Å². The summed E-state index contributed by atoms with van der Waals surface area (Å²) in [4.78, 5) is 12.2. The number of rotatable bonds is 3. The summed E-state index contributed by atoms with van der Waals surface area (Å²) in [6.45, 7) is 3.66. The lowest BCUT2D eigenvalue weighted by Crippen LogP contribution is -2.43. The van der Waals surface area contributed by atoms with E-state index in [1.54, 1.807) is 0 Å². The first-order chi connectivity index (χ1) is 8.66. The normalized spacial score (nSPS) is 37.2. The van der Waals surface area contributed by atoms with E-state index in [4.69, 9.17) is 10.5 Å². The van der Waals surface area contributed by atoms with E-state index in [1.807, 2.05) is 0 Å². The molecule has 2 rings (SSSR count). The molecule has 4 unspecified atom stereocenters. The number of hydrogen-bond acceptors (Lipinski definition) is 3. The summed E-state index contributed by atoms with van der Waals surface area (Å²) in [5.41, 5.74) is 5.93. The summed E-state index contributed by atoms with van der Waals surface area (Å²) in [7, 11) is 0. The van der Waals surface area contributed by atoms with Crippen molar-refractivity contribution in [3.63, 3.8) is 0 Å². The number of ether oxygens (including phenoxy) is 1. The third-order valence-corrected chi connectivity index (χ3v) is 4.32. The maximum Gasteiger partial charge on any atom is 0.223 e. The minimum absolute atomic E-state index is 0.147. The van der Waals surface area contributed by atoms with Crippen molar-refractivity contribution in [2.75, 3.05) is 13.2 Å². The Morgan fingerprint density at radius 2 is 2.17 bits per heavy atom. The second-order valence-corrected chi connectivity index (χ2v) is 5.89. The van der Waals surface area contributed by atoms with Gasteiger partial charge in [0.25, 0.3) is 0 Å². The Morgan fingerprint density at radius 3 is 2.83 bits per heavy atom. The quantitative estimate of drug-likeness (QED) is 0.801. The van der Waals surface area contributed by atoms with Crippen LogP contribution in [-0.2, 0) is 9.53 Å². The largest absolute Gasteiger partial charge is 0.376 e. The Morgan fingerprint density at radius 1 is 1.33 bits per heavy atom. The standard InChI is InChI=1S/C14H26N2O2/c1-10-8-11(15)5-6-13(10)14(17)16-9-12-4-2-3-7-18-12/h10-13H,2-9,15H2,1H3,(H,16,17). The van der Waals surface area contributed by atoms with E-state index in [2.05, 4.69) is 12.2 Å². The van der Waals surface area contributed by atoms with Crippen LogP contribution in [0, 0.1) is 11.8 Å². The molecule has 1 aliphatic heterocycles. The van der Waals surface area contributed by atoms with Crippen LogP contribution in [0.1, 0.15) is 45.4 Å². The van der Waals surface area contributed by atoms with E-state index < -0.39 is 0 Å².